The zero-order chi connectivity index (χ0) is 52.2. The van der Waals surface area contributed by atoms with Crippen LogP contribution >= 0.6 is 0 Å². The molecule has 0 aromatic heterocycles. The monoisotopic (exact) mass is 1010 g/mol. The van der Waals surface area contributed by atoms with E-state index in [2.05, 4.69) is 116 Å². The second kappa shape index (κ2) is 51.3. The molecule has 1 heterocycles. The highest BCUT2D eigenvalue weighted by Crippen LogP contribution is 2.23. The van der Waals surface area contributed by atoms with Gasteiger partial charge in [0.15, 0.2) is 6.29 Å². The standard InChI is InChI=1S/C63H107NO8/c1-3-5-7-9-11-13-15-17-19-21-22-23-24-25-26-27-28-29-30-31-32-33-34-35-36-37-39-41-43-45-47-49-51-53-59(67)64-56(55-71-63-62(70)61(69)60(68)58(54-65)72-63)57(66)52-50-48-46-44-42-40-38-20-18-16-14-12-10-8-6-4-2/h5,7,11,13,17,19,22-23,25-26,28-29,31-32,34-35,50,52,56-58,60-63,65-66,68-70H,3-4,6,8-10,12,14-16,18,20-21,24,27,30,33,36-49,51,53-55H2,1-2H3,(H,64,67)/b7-5-,13-11-,19-17-,23-22-,26-25-,29-28-,32-31-,35-34-,52-50+. The molecule has 1 aliphatic rings. The van der Waals surface area contributed by atoms with Crippen molar-refractivity contribution in [1.82, 2.24) is 5.32 Å². The molecule has 0 aromatic rings. The topological polar surface area (TPSA) is 149 Å². The van der Waals surface area contributed by atoms with Crippen molar-refractivity contribution in [1.29, 1.82) is 0 Å². The molecule has 7 atom stereocenters. The van der Waals surface area contributed by atoms with Crippen molar-refractivity contribution in [2.75, 3.05) is 13.2 Å². The number of carbonyl (C=O) groups is 1. The van der Waals surface area contributed by atoms with Crippen molar-refractivity contribution in [2.45, 2.75) is 269 Å². The second-order valence-electron chi connectivity index (χ2n) is 19.7. The van der Waals surface area contributed by atoms with E-state index in [-0.39, 0.29) is 12.5 Å². The maximum Gasteiger partial charge on any atom is 0.220 e. The van der Waals surface area contributed by atoms with Crippen LogP contribution < -0.4 is 5.32 Å². The van der Waals surface area contributed by atoms with Crippen LogP contribution in [0.25, 0.3) is 0 Å². The molecule has 9 nitrogen and oxygen atoms in total. The smallest absolute Gasteiger partial charge is 0.220 e. The summed E-state index contributed by atoms with van der Waals surface area (Å²) < 4.78 is 11.3. The van der Waals surface area contributed by atoms with Gasteiger partial charge in [0.2, 0.25) is 5.91 Å². The number of rotatable bonds is 48. The number of unbranched alkanes of at least 4 members (excludes halogenated alkanes) is 22. The minimum absolute atomic E-state index is 0.190. The molecule has 1 saturated heterocycles. The van der Waals surface area contributed by atoms with Crippen LogP contribution in [-0.2, 0) is 14.3 Å². The third-order valence-corrected chi connectivity index (χ3v) is 13.1. The molecule has 1 fully saturated rings. The molecule has 72 heavy (non-hydrogen) atoms. The molecule has 412 valence electrons. The number of amides is 1. The summed E-state index contributed by atoms with van der Waals surface area (Å²) in [5.41, 5.74) is 0. The fraction of sp³-hybridized carbons (Fsp3) is 0.698. The van der Waals surface area contributed by atoms with E-state index in [1.807, 2.05) is 6.08 Å². The number of aliphatic hydroxyl groups excluding tert-OH is 5. The Bertz CT molecular complexity index is 1490. The van der Waals surface area contributed by atoms with E-state index in [9.17, 15) is 30.3 Å². The average Bonchev–Trinajstić information content (AvgIpc) is 3.38. The predicted molar refractivity (Wildman–Crippen MR) is 304 cm³/mol. The van der Waals surface area contributed by atoms with Gasteiger partial charge >= 0.3 is 0 Å². The number of hydrogen-bond acceptors (Lipinski definition) is 8. The lowest BCUT2D eigenvalue weighted by atomic mass is 9.99. The third kappa shape index (κ3) is 40.3. The van der Waals surface area contributed by atoms with Crippen LogP contribution in [0, 0.1) is 0 Å². The molecule has 0 bridgehead atoms. The summed E-state index contributed by atoms with van der Waals surface area (Å²) in [4.78, 5) is 13.1. The van der Waals surface area contributed by atoms with Gasteiger partial charge in [0.05, 0.1) is 25.4 Å². The maximum atomic E-state index is 13.1. The lowest BCUT2D eigenvalue weighted by Crippen LogP contribution is -2.60. The predicted octanol–water partition coefficient (Wildman–Crippen LogP) is 14.6. The van der Waals surface area contributed by atoms with Crippen molar-refractivity contribution in [3.05, 3.63) is 109 Å². The normalized spacial score (nSPS) is 20.0. The molecule has 0 aromatic carbocycles. The Labute approximate surface area is 440 Å². The number of aliphatic hydroxyl groups is 5. The first kappa shape index (κ1) is 66.9. The number of hydrogen-bond donors (Lipinski definition) is 6. The van der Waals surface area contributed by atoms with Crippen molar-refractivity contribution in [2.24, 2.45) is 0 Å². The largest absolute Gasteiger partial charge is 0.394 e. The van der Waals surface area contributed by atoms with E-state index in [0.717, 1.165) is 103 Å². The van der Waals surface area contributed by atoms with Crippen molar-refractivity contribution < 1.29 is 39.8 Å². The highest BCUT2D eigenvalue weighted by Gasteiger charge is 2.44. The van der Waals surface area contributed by atoms with E-state index in [1.54, 1.807) is 6.08 Å². The van der Waals surface area contributed by atoms with Crippen molar-refractivity contribution in [3.8, 4) is 0 Å². The molecular formula is C63H107NO8. The molecule has 0 saturated carbocycles. The van der Waals surface area contributed by atoms with E-state index < -0.39 is 49.5 Å². The number of carbonyl (C=O) groups excluding carboxylic acids is 1. The van der Waals surface area contributed by atoms with Gasteiger partial charge in [0.25, 0.3) is 0 Å². The van der Waals surface area contributed by atoms with Gasteiger partial charge in [-0.25, -0.2) is 0 Å². The van der Waals surface area contributed by atoms with Gasteiger partial charge in [-0.05, 0) is 83.5 Å². The lowest BCUT2D eigenvalue weighted by Gasteiger charge is -2.40. The number of allylic oxidation sites excluding steroid dienone is 17. The van der Waals surface area contributed by atoms with E-state index in [1.165, 1.54) is 103 Å². The molecular weight excluding hydrogens is 899 g/mol. The van der Waals surface area contributed by atoms with Gasteiger partial charge in [0.1, 0.15) is 24.4 Å². The SMILES string of the molecule is CC/C=C\C/C=C\C/C=C\C/C=C\C/C=C\C/C=C\C/C=C\C/C=C\CCCCCCCCCCC(=O)NC(COC1OC(CO)C(O)C(O)C1O)C(O)/C=C/CCCCCCCCCCCCCCCC. The van der Waals surface area contributed by atoms with E-state index in [4.69, 9.17) is 9.47 Å². The molecule has 1 amide bonds. The summed E-state index contributed by atoms with van der Waals surface area (Å²) >= 11 is 0. The first-order chi connectivity index (χ1) is 35.3. The van der Waals surface area contributed by atoms with E-state index in [0.29, 0.717) is 6.42 Å². The molecule has 0 spiro atoms. The summed E-state index contributed by atoms with van der Waals surface area (Å²) in [6, 6.07) is -0.817. The molecule has 9 heteroatoms. The number of nitrogens with one attached hydrogen (secondary N) is 1. The minimum Gasteiger partial charge on any atom is -0.394 e. The molecule has 1 aliphatic heterocycles. The molecule has 6 N–H and O–H groups in total. The van der Waals surface area contributed by atoms with Gasteiger partial charge in [0, 0.05) is 6.42 Å². The Kier molecular flexibility index (Phi) is 47.7. The first-order valence-corrected chi connectivity index (χ1v) is 29.1. The van der Waals surface area contributed by atoms with Gasteiger partial charge < -0.3 is 40.3 Å². The minimum atomic E-state index is -1.57. The summed E-state index contributed by atoms with van der Waals surface area (Å²) in [7, 11) is 0. The Hall–Kier alpha value is -3.15. The summed E-state index contributed by atoms with van der Waals surface area (Å²) in [5, 5.41) is 54.5. The zero-order valence-corrected chi connectivity index (χ0v) is 45.6. The molecule has 1 rings (SSSR count). The van der Waals surface area contributed by atoms with Crippen molar-refractivity contribution >= 4 is 5.91 Å². The quantitative estimate of drug-likeness (QED) is 0.0261. The fourth-order valence-electron chi connectivity index (χ4n) is 8.52. The van der Waals surface area contributed by atoms with Crippen LogP contribution in [0.15, 0.2) is 109 Å². The lowest BCUT2D eigenvalue weighted by molar-refractivity contribution is -0.302. The van der Waals surface area contributed by atoms with Crippen LogP contribution in [0.4, 0.5) is 0 Å². The van der Waals surface area contributed by atoms with E-state index >= 15 is 0 Å². The molecule has 0 radical (unpaired) electrons. The maximum absolute atomic E-state index is 13.1. The van der Waals surface area contributed by atoms with Crippen LogP contribution in [0.1, 0.15) is 226 Å². The Morgan fingerprint density at radius 3 is 1.28 bits per heavy atom. The van der Waals surface area contributed by atoms with Gasteiger partial charge in [-0.15, -0.1) is 0 Å². The summed E-state index contributed by atoms with van der Waals surface area (Å²) in [6.45, 7) is 3.66. The van der Waals surface area contributed by atoms with Crippen LogP contribution in [-0.4, -0.2) is 87.5 Å². The molecule has 7 unspecified atom stereocenters. The first-order valence-electron chi connectivity index (χ1n) is 29.1. The van der Waals surface area contributed by atoms with Crippen molar-refractivity contribution in [3.63, 3.8) is 0 Å². The third-order valence-electron chi connectivity index (χ3n) is 13.1. The van der Waals surface area contributed by atoms with Gasteiger partial charge in [-0.2, -0.15) is 0 Å². The molecule has 0 aliphatic carbocycles. The fourth-order valence-corrected chi connectivity index (χ4v) is 8.52. The second-order valence-corrected chi connectivity index (χ2v) is 19.7. The van der Waals surface area contributed by atoms with Gasteiger partial charge in [-0.3, -0.25) is 4.79 Å². The Morgan fingerprint density at radius 1 is 0.486 bits per heavy atom. The van der Waals surface area contributed by atoms with Gasteiger partial charge in [-0.1, -0.05) is 245 Å². The highest BCUT2D eigenvalue weighted by molar-refractivity contribution is 5.76. The zero-order valence-electron chi connectivity index (χ0n) is 45.6. The average molecular weight is 1010 g/mol. The van der Waals surface area contributed by atoms with Crippen LogP contribution in [0.2, 0.25) is 0 Å². The Balaban J connectivity index is 2.22. The highest BCUT2D eigenvalue weighted by atomic mass is 16.7. The van der Waals surface area contributed by atoms with Crippen LogP contribution in [0.5, 0.6) is 0 Å². The Morgan fingerprint density at radius 2 is 0.861 bits per heavy atom. The summed E-state index contributed by atoms with van der Waals surface area (Å²) in [5.74, 6) is -0.190. The number of ether oxygens (including phenoxy) is 2. The van der Waals surface area contributed by atoms with Crippen LogP contribution in [0.3, 0.4) is 0 Å². The summed E-state index contributed by atoms with van der Waals surface area (Å²) in [6.07, 6.45) is 68.6.